The number of phenols is 1. The third-order valence-corrected chi connectivity index (χ3v) is 4.97. The molecule has 2 N–H and O–H groups in total. The molecule has 2 aliphatic heterocycles. The fourth-order valence-corrected chi connectivity index (χ4v) is 3.35. The maximum Gasteiger partial charge on any atom is 0.115 e. The van der Waals surface area contributed by atoms with Crippen LogP contribution in [-0.4, -0.2) is 66.3 Å². The molecule has 1 unspecified atom stereocenters. The lowest BCUT2D eigenvalue weighted by atomic mass is 9.99. The van der Waals surface area contributed by atoms with Crippen molar-refractivity contribution in [2.24, 2.45) is 0 Å². The summed E-state index contributed by atoms with van der Waals surface area (Å²) in [7, 11) is 0. The quantitative estimate of drug-likeness (QED) is 0.857. The summed E-state index contributed by atoms with van der Waals surface area (Å²) < 4.78 is 0. The minimum atomic E-state index is 0.355. The van der Waals surface area contributed by atoms with Crippen molar-refractivity contribution in [1.29, 1.82) is 0 Å². The van der Waals surface area contributed by atoms with Gasteiger partial charge in [0, 0.05) is 51.4 Å². The van der Waals surface area contributed by atoms with Crippen LogP contribution in [0.1, 0.15) is 18.9 Å². The molecule has 1 aromatic rings. The fourth-order valence-electron chi connectivity index (χ4n) is 3.35. The van der Waals surface area contributed by atoms with Crippen LogP contribution in [0.15, 0.2) is 24.3 Å². The standard InChI is InChI=1S/C17H27N3O/c1-14(2-3-15-4-6-17(21)7-5-15)20-12-16(13-20)19-10-8-18-9-11-19/h4-7,14,16,18,21H,2-3,8-13H2,1H3. The first-order valence-electron chi connectivity index (χ1n) is 8.19. The molecule has 0 bridgehead atoms. The largest absolute Gasteiger partial charge is 0.508 e. The van der Waals surface area contributed by atoms with Crippen LogP contribution < -0.4 is 5.32 Å². The lowest BCUT2D eigenvalue weighted by Gasteiger charge is -2.49. The second kappa shape index (κ2) is 6.77. The van der Waals surface area contributed by atoms with Crippen LogP contribution in [0.5, 0.6) is 5.75 Å². The van der Waals surface area contributed by atoms with E-state index < -0.39 is 0 Å². The van der Waals surface area contributed by atoms with Crippen molar-refractivity contribution in [3.05, 3.63) is 29.8 Å². The van der Waals surface area contributed by atoms with E-state index in [0.29, 0.717) is 11.8 Å². The molecule has 3 rings (SSSR count). The van der Waals surface area contributed by atoms with Crippen LogP contribution >= 0.6 is 0 Å². The highest BCUT2D eigenvalue weighted by molar-refractivity contribution is 5.25. The van der Waals surface area contributed by atoms with Crippen LogP contribution in [0.25, 0.3) is 0 Å². The van der Waals surface area contributed by atoms with Gasteiger partial charge in [0.2, 0.25) is 0 Å². The van der Waals surface area contributed by atoms with Crippen LogP contribution in [-0.2, 0) is 6.42 Å². The Morgan fingerprint density at radius 3 is 2.52 bits per heavy atom. The predicted octanol–water partition coefficient (Wildman–Crippen LogP) is 1.30. The Morgan fingerprint density at radius 2 is 1.86 bits per heavy atom. The van der Waals surface area contributed by atoms with E-state index in [1.54, 1.807) is 12.1 Å². The summed E-state index contributed by atoms with van der Waals surface area (Å²) in [5, 5.41) is 12.7. The van der Waals surface area contributed by atoms with Gasteiger partial charge < -0.3 is 10.4 Å². The van der Waals surface area contributed by atoms with E-state index in [9.17, 15) is 5.11 Å². The van der Waals surface area contributed by atoms with Gasteiger partial charge in [0.1, 0.15) is 5.75 Å². The summed E-state index contributed by atoms with van der Waals surface area (Å²) in [5.74, 6) is 0.355. The number of nitrogens with zero attached hydrogens (tertiary/aromatic N) is 2. The predicted molar refractivity (Wildman–Crippen MR) is 85.7 cm³/mol. The number of piperazine rings is 1. The minimum Gasteiger partial charge on any atom is -0.508 e. The monoisotopic (exact) mass is 289 g/mol. The Balaban J connectivity index is 1.39. The molecule has 1 atom stereocenters. The first-order valence-corrected chi connectivity index (χ1v) is 8.19. The smallest absolute Gasteiger partial charge is 0.115 e. The highest BCUT2D eigenvalue weighted by Crippen LogP contribution is 2.21. The molecule has 21 heavy (non-hydrogen) atoms. The third-order valence-electron chi connectivity index (χ3n) is 4.97. The molecule has 4 heteroatoms. The van der Waals surface area contributed by atoms with Gasteiger partial charge in [0.15, 0.2) is 0 Å². The van der Waals surface area contributed by atoms with E-state index in [2.05, 4.69) is 22.0 Å². The maximum atomic E-state index is 9.31. The van der Waals surface area contributed by atoms with Gasteiger partial charge in [-0.3, -0.25) is 9.80 Å². The van der Waals surface area contributed by atoms with Gasteiger partial charge in [-0.05, 0) is 37.5 Å². The van der Waals surface area contributed by atoms with Gasteiger partial charge in [-0.2, -0.15) is 0 Å². The van der Waals surface area contributed by atoms with Gasteiger partial charge in [0.05, 0.1) is 0 Å². The molecule has 1 aromatic carbocycles. The Labute approximate surface area is 127 Å². The second-order valence-electron chi connectivity index (χ2n) is 6.45. The normalized spacial score (nSPS) is 22.9. The van der Waals surface area contributed by atoms with Crippen LogP contribution in [0.4, 0.5) is 0 Å². The summed E-state index contributed by atoms with van der Waals surface area (Å²) in [6, 6.07) is 9.05. The number of hydrogen-bond donors (Lipinski definition) is 2. The fraction of sp³-hybridized carbons (Fsp3) is 0.647. The van der Waals surface area contributed by atoms with Gasteiger partial charge in [-0.15, -0.1) is 0 Å². The lowest BCUT2D eigenvalue weighted by molar-refractivity contribution is 0.00224. The SMILES string of the molecule is CC(CCc1ccc(O)cc1)N1CC(N2CCNCC2)C1. The topological polar surface area (TPSA) is 38.7 Å². The molecular formula is C17H27N3O. The van der Waals surface area contributed by atoms with Crippen molar-refractivity contribution in [1.82, 2.24) is 15.1 Å². The molecule has 4 nitrogen and oxygen atoms in total. The summed E-state index contributed by atoms with van der Waals surface area (Å²) in [6.45, 7) is 9.52. The van der Waals surface area contributed by atoms with Gasteiger partial charge in [0.25, 0.3) is 0 Å². The number of phenolic OH excluding ortho intramolecular Hbond substituents is 1. The highest BCUT2D eigenvalue weighted by Gasteiger charge is 2.34. The zero-order valence-electron chi connectivity index (χ0n) is 13.0. The molecule has 0 spiro atoms. The Hall–Kier alpha value is -1.10. The van der Waals surface area contributed by atoms with Crippen molar-refractivity contribution >= 4 is 0 Å². The van der Waals surface area contributed by atoms with Crippen molar-refractivity contribution in [3.63, 3.8) is 0 Å². The third kappa shape index (κ3) is 3.76. The summed E-state index contributed by atoms with van der Waals surface area (Å²) in [4.78, 5) is 5.24. The molecule has 2 saturated heterocycles. The molecule has 0 radical (unpaired) electrons. The number of aryl methyl sites for hydroxylation is 1. The van der Waals surface area contributed by atoms with Crippen molar-refractivity contribution in [3.8, 4) is 5.75 Å². The second-order valence-corrected chi connectivity index (χ2v) is 6.45. The molecular weight excluding hydrogens is 262 g/mol. The van der Waals surface area contributed by atoms with Crippen LogP contribution in [0, 0.1) is 0 Å². The molecule has 116 valence electrons. The van der Waals surface area contributed by atoms with Gasteiger partial charge in [-0.1, -0.05) is 12.1 Å². The summed E-state index contributed by atoms with van der Waals surface area (Å²) in [5.41, 5.74) is 1.32. The van der Waals surface area contributed by atoms with Gasteiger partial charge >= 0.3 is 0 Å². The molecule has 2 aliphatic rings. The van der Waals surface area contributed by atoms with E-state index in [1.807, 2.05) is 12.1 Å². The minimum absolute atomic E-state index is 0.355. The van der Waals surface area contributed by atoms with Crippen molar-refractivity contribution in [2.45, 2.75) is 31.8 Å². The first kappa shape index (κ1) is 14.8. The number of benzene rings is 1. The van der Waals surface area contributed by atoms with E-state index >= 15 is 0 Å². The number of hydrogen-bond acceptors (Lipinski definition) is 4. The number of rotatable bonds is 5. The molecule has 2 heterocycles. The maximum absolute atomic E-state index is 9.31. The lowest BCUT2D eigenvalue weighted by Crippen LogP contribution is -2.64. The van der Waals surface area contributed by atoms with E-state index in [4.69, 9.17) is 0 Å². The summed E-state index contributed by atoms with van der Waals surface area (Å²) >= 11 is 0. The number of aromatic hydroxyl groups is 1. The average Bonchev–Trinajstić information content (AvgIpc) is 2.46. The Bertz CT molecular complexity index is 436. The molecule has 0 aromatic heterocycles. The number of likely N-dealkylation sites (tertiary alicyclic amines) is 1. The van der Waals surface area contributed by atoms with E-state index in [0.717, 1.165) is 25.6 Å². The highest BCUT2D eigenvalue weighted by atomic mass is 16.3. The van der Waals surface area contributed by atoms with Crippen molar-refractivity contribution < 1.29 is 5.11 Å². The average molecular weight is 289 g/mol. The van der Waals surface area contributed by atoms with Crippen LogP contribution in [0.3, 0.4) is 0 Å². The van der Waals surface area contributed by atoms with Crippen molar-refractivity contribution in [2.75, 3.05) is 39.3 Å². The number of nitrogens with one attached hydrogen (secondary N) is 1. The first-order chi connectivity index (χ1) is 10.2. The molecule has 0 amide bonds. The molecule has 0 aliphatic carbocycles. The summed E-state index contributed by atoms with van der Waals surface area (Å²) in [6.07, 6.45) is 2.29. The zero-order valence-corrected chi connectivity index (χ0v) is 13.0. The van der Waals surface area contributed by atoms with Gasteiger partial charge in [-0.25, -0.2) is 0 Å². The molecule has 0 saturated carbocycles. The molecule has 2 fully saturated rings. The zero-order chi connectivity index (χ0) is 14.7. The van der Waals surface area contributed by atoms with Crippen LogP contribution in [0.2, 0.25) is 0 Å². The van der Waals surface area contributed by atoms with E-state index in [1.165, 1.54) is 38.2 Å². The Kier molecular flexibility index (Phi) is 4.78. The Morgan fingerprint density at radius 1 is 1.19 bits per heavy atom. The van der Waals surface area contributed by atoms with E-state index in [-0.39, 0.29) is 0 Å².